The Morgan fingerprint density at radius 3 is 1.58 bits per heavy atom. The Hall–Kier alpha value is -7.36. The first kappa shape index (κ1) is 42.4. The quantitative estimate of drug-likeness (QED) is 0.0558. The van der Waals surface area contributed by atoms with Crippen LogP contribution in [0.4, 0.5) is 38.0 Å². The van der Waals surface area contributed by atoms with Gasteiger partial charge in [0, 0.05) is 60.5 Å². The van der Waals surface area contributed by atoms with Gasteiger partial charge in [0.25, 0.3) is 0 Å². The fourth-order valence-corrected chi connectivity index (χ4v) is 4.41. The number of halogens is 6. The number of nitrogens with one attached hydrogen (secondary N) is 2. The predicted molar refractivity (Wildman–Crippen MR) is 194 cm³/mol. The third kappa shape index (κ3) is 13.8. The fraction of sp³-hybridized carbons (Fsp3) is 0.143. The van der Waals surface area contributed by atoms with E-state index in [1.807, 2.05) is 0 Å². The van der Waals surface area contributed by atoms with Crippen molar-refractivity contribution in [2.45, 2.75) is 26.2 Å². The van der Waals surface area contributed by atoms with E-state index in [9.17, 15) is 35.9 Å². The lowest BCUT2D eigenvalue weighted by Gasteiger charge is -2.09. The lowest BCUT2D eigenvalue weighted by Crippen LogP contribution is -2.12. The largest absolute Gasteiger partial charge is 0.478 e. The number of aryl methyl sites for hydroxylation is 2. The molecule has 0 unspecified atom stereocenters. The lowest BCUT2D eigenvalue weighted by molar-refractivity contribution is -0.138. The first-order valence-corrected chi connectivity index (χ1v) is 16.1. The van der Waals surface area contributed by atoms with Gasteiger partial charge < -0.3 is 15.8 Å². The summed E-state index contributed by atoms with van der Waals surface area (Å²) in [7, 11) is 0. The van der Waals surface area contributed by atoms with Crippen LogP contribution in [0.5, 0.6) is 0 Å². The summed E-state index contributed by atoms with van der Waals surface area (Å²) < 4.78 is 79.5. The highest BCUT2D eigenvalue weighted by Crippen LogP contribution is 2.33. The van der Waals surface area contributed by atoms with E-state index in [1.165, 1.54) is 54.3 Å². The maximum absolute atomic E-state index is 13.0. The topological polar surface area (TPSA) is 217 Å². The van der Waals surface area contributed by atoms with Gasteiger partial charge in [-0.15, -0.1) is 10.2 Å². The summed E-state index contributed by atoms with van der Waals surface area (Å²) in [6.45, 7) is 3.11. The first-order valence-electron chi connectivity index (χ1n) is 16.1. The SMILES string of the molecule is Cc1cc(-c2ncn(/C=C\C(=O)CNc3cnccn3)n2)cc(C(F)(F)F)c1.Cc1cc(-c2ncn(/C=C\C(=O)O)n2)cc(C(F)(F)F)c1.NNc1cnccn1. The Morgan fingerprint density at radius 2 is 1.18 bits per heavy atom. The van der Waals surface area contributed by atoms with Crippen LogP contribution in [0, 0.1) is 13.8 Å². The smallest absolute Gasteiger partial charge is 0.416 e. The van der Waals surface area contributed by atoms with Gasteiger partial charge in [0.2, 0.25) is 0 Å². The monoisotopic (exact) mass is 795 g/mol. The van der Waals surface area contributed by atoms with Crippen molar-refractivity contribution in [1.29, 1.82) is 0 Å². The summed E-state index contributed by atoms with van der Waals surface area (Å²) >= 11 is 0. The van der Waals surface area contributed by atoms with Crippen molar-refractivity contribution >= 4 is 35.8 Å². The summed E-state index contributed by atoms with van der Waals surface area (Å²) in [6, 6.07) is 7.12. The first-order chi connectivity index (χ1) is 27.0. The second-order valence-corrected chi connectivity index (χ2v) is 11.4. The zero-order valence-corrected chi connectivity index (χ0v) is 29.7. The molecule has 5 N–H and O–H groups in total. The minimum absolute atomic E-state index is 0.00354. The number of ketones is 1. The molecule has 4 heterocycles. The molecule has 4 aromatic heterocycles. The van der Waals surface area contributed by atoms with E-state index in [1.54, 1.807) is 38.5 Å². The van der Waals surface area contributed by atoms with Crippen LogP contribution >= 0.6 is 0 Å². The average molecular weight is 796 g/mol. The number of hydrazine groups is 1. The normalized spacial score (nSPS) is 11.4. The Labute approximate surface area is 318 Å². The van der Waals surface area contributed by atoms with Crippen LogP contribution in [0.2, 0.25) is 0 Å². The van der Waals surface area contributed by atoms with Crippen LogP contribution in [-0.4, -0.2) is 72.9 Å². The van der Waals surface area contributed by atoms with Gasteiger partial charge in [-0.25, -0.2) is 39.9 Å². The molecule has 0 spiro atoms. The van der Waals surface area contributed by atoms with Gasteiger partial charge in [0.1, 0.15) is 18.5 Å². The minimum atomic E-state index is -4.45. The highest BCUT2D eigenvalue weighted by Gasteiger charge is 2.32. The van der Waals surface area contributed by atoms with Crippen LogP contribution in [0.3, 0.4) is 0 Å². The molecule has 0 aliphatic heterocycles. The van der Waals surface area contributed by atoms with Crippen LogP contribution in [0.25, 0.3) is 35.2 Å². The van der Waals surface area contributed by atoms with Crippen molar-refractivity contribution in [3.8, 4) is 22.8 Å². The number of hydrogen-bond acceptors (Lipinski definition) is 13. The van der Waals surface area contributed by atoms with Gasteiger partial charge in [-0.1, -0.05) is 0 Å². The number of carbonyl (C=O) groups is 2. The molecule has 2 aromatic carbocycles. The van der Waals surface area contributed by atoms with Gasteiger partial charge in [0.05, 0.1) is 30.1 Å². The van der Waals surface area contributed by atoms with Gasteiger partial charge in [-0.05, 0) is 61.4 Å². The van der Waals surface area contributed by atoms with Crippen molar-refractivity contribution in [2.24, 2.45) is 5.84 Å². The number of benzene rings is 2. The molecule has 0 aliphatic rings. The molecule has 0 amide bonds. The molecule has 0 bridgehead atoms. The van der Waals surface area contributed by atoms with E-state index >= 15 is 0 Å². The number of carbonyl (C=O) groups excluding carboxylic acids is 1. The Bertz CT molecular complexity index is 2310. The van der Waals surface area contributed by atoms with E-state index in [-0.39, 0.29) is 35.1 Å². The zero-order chi connectivity index (χ0) is 41.6. The third-order valence-electron chi connectivity index (χ3n) is 6.84. The Kier molecular flexibility index (Phi) is 14.3. The number of rotatable bonds is 10. The summed E-state index contributed by atoms with van der Waals surface area (Å²) in [6.07, 6.45) is 7.43. The molecule has 6 aromatic rings. The van der Waals surface area contributed by atoms with Gasteiger partial charge >= 0.3 is 18.3 Å². The van der Waals surface area contributed by atoms with Gasteiger partial charge in [-0.3, -0.25) is 14.8 Å². The Morgan fingerprint density at radius 1 is 0.702 bits per heavy atom. The number of hydrogen-bond donors (Lipinski definition) is 4. The van der Waals surface area contributed by atoms with Crippen LogP contribution < -0.4 is 16.6 Å². The molecule has 6 rings (SSSR count). The molecule has 16 nitrogen and oxygen atoms in total. The lowest BCUT2D eigenvalue weighted by atomic mass is 10.1. The fourth-order valence-electron chi connectivity index (χ4n) is 4.41. The van der Waals surface area contributed by atoms with Crippen molar-refractivity contribution in [3.05, 3.63) is 121 Å². The van der Waals surface area contributed by atoms with E-state index < -0.39 is 29.4 Å². The van der Waals surface area contributed by atoms with E-state index in [0.29, 0.717) is 22.8 Å². The van der Waals surface area contributed by atoms with Crippen molar-refractivity contribution in [3.63, 3.8) is 0 Å². The number of nitrogen functional groups attached to an aromatic ring is 1. The number of aliphatic carboxylic acids is 1. The number of alkyl halides is 6. The maximum atomic E-state index is 13.0. The Balaban J connectivity index is 0.000000217. The maximum Gasteiger partial charge on any atom is 0.416 e. The summed E-state index contributed by atoms with van der Waals surface area (Å²) in [5.74, 6) is 4.83. The number of carboxylic acid groups (broad SMARTS) is 1. The van der Waals surface area contributed by atoms with E-state index in [4.69, 9.17) is 10.9 Å². The highest BCUT2D eigenvalue weighted by atomic mass is 19.4. The molecule has 296 valence electrons. The minimum Gasteiger partial charge on any atom is -0.478 e. The number of carboxylic acids is 1. The van der Waals surface area contributed by atoms with Gasteiger partial charge in [-0.2, -0.15) is 26.3 Å². The van der Waals surface area contributed by atoms with Crippen LogP contribution in [0.15, 0.2) is 98.4 Å². The molecule has 0 saturated heterocycles. The molecular formula is C35H31F6N13O3. The predicted octanol–water partition coefficient (Wildman–Crippen LogP) is 5.80. The zero-order valence-electron chi connectivity index (χ0n) is 29.7. The summed E-state index contributed by atoms with van der Waals surface area (Å²) in [4.78, 5) is 45.5. The second-order valence-electron chi connectivity index (χ2n) is 11.4. The number of anilines is 2. The molecule has 0 fully saturated rings. The third-order valence-corrected chi connectivity index (χ3v) is 6.84. The molecule has 57 heavy (non-hydrogen) atoms. The van der Waals surface area contributed by atoms with Crippen LogP contribution in [0.1, 0.15) is 22.3 Å². The van der Waals surface area contributed by atoms with Crippen molar-refractivity contribution in [1.82, 2.24) is 49.5 Å². The van der Waals surface area contributed by atoms with E-state index in [2.05, 4.69) is 50.8 Å². The number of aromatic nitrogens is 10. The average Bonchev–Trinajstić information content (AvgIpc) is 3.86. The molecular weight excluding hydrogens is 764 g/mol. The summed E-state index contributed by atoms with van der Waals surface area (Å²) in [5.41, 5.74) is 2.14. The molecule has 0 atom stereocenters. The van der Waals surface area contributed by atoms with Crippen molar-refractivity contribution < 1.29 is 41.0 Å². The van der Waals surface area contributed by atoms with Crippen molar-refractivity contribution in [2.75, 3.05) is 17.3 Å². The highest BCUT2D eigenvalue weighted by molar-refractivity contribution is 5.95. The summed E-state index contributed by atoms with van der Waals surface area (Å²) in [5, 5.41) is 19.3. The van der Waals surface area contributed by atoms with E-state index in [0.717, 1.165) is 41.2 Å². The number of nitrogens with zero attached hydrogens (tertiary/aromatic N) is 10. The standard InChI is InChI=1S/C18H15F3N6O.C13H10F3N3O2.C4H6N4/c1-12-6-13(8-14(7-12)18(19,20)21)17-25-11-27(26-17)5-2-15(28)9-24-16-10-22-3-4-23-16;1-8-4-9(6-10(5-8)13(14,15)16)12-17-7-19(18-12)3-2-11(20)21;5-8-4-3-6-1-2-7-4/h2-8,10-11H,9H2,1H3,(H,23,24);2-7H,1H3,(H,20,21);1-3H,5H2,(H,7,8)/b5-2-;3-2-;. The number of nitrogens with two attached hydrogens (primary N) is 1. The van der Waals surface area contributed by atoms with Crippen LogP contribution in [-0.2, 0) is 21.9 Å². The molecule has 22 heteroatoms. The second kappa shape index (κ2) is 19.3. The molecule has 0 radical (unpaired) electrons. The van der Waals surface area contributed by atoms with Gasteiger partial charge in [0.15, 0.2) is 23.2 Å². The molecule has 0 saturated carbocycles. The molecule has 0 aliphatic carbocycles.